The molecular weight excluding hydrogens is 490 g/mol. The van der Waals surface area contributed by atoms with Crippen LogP contribution in [0.15, 0.2) is 60.7 Å². The SMILES string of the molecule is COC(=O)COC(=O)[C@](C)(CO[Si](c1ccccc1)(c1ccccc1)C(C)(C)C)NC(=O)OC(C)(C)C. The molecule has 0 aliphatic heterocycles. The predicted molar refractivity (Wildman–Crippen MR) is 144 cm³/mol. The quantitative estimate of drug-likeness (QED) is 0.301. The van der Waals surface area contributed by atoms with Crippen LogP contribution >= 0.6 is 0 Å². The Morgan fingerprint density at radius 3 is 1.70 bits per heavy atom. The van der Waals surface area contributed by atoms with Gasteiger partial charge < -0.3 is 24.0 Å². The predicted octanol–water partition coefficient (Wildman–Crippen LogP) is 3.56. The molecule has 2 aromatic carbocycles. The van der Waals surface area contributed by atoms with Crippen molar-refractivity contribution in [1.82, 2.24) is 5.32 Å². The first-order valence-electron chi connectivity index (χ1n) is 12.1. The standard InChI is InChI=1S/C28H39NO7Si/c1-26(2,3)36-25(32)29-28(7,24(31)34-19-23(30)33-8)20-35-37(27(4,5)6,21-15-11-9-12-16-21)22-17-13-10-14-18-22/h9-18H,19-20H2,1-8H3,(H,29,32)/t28-/m0/s1. The maximum Gasteiger partial charge on any atom is 0.408 e. The average molecular weight is 530 g/mol. The molecule has 0 aromatic heterocycles. The van der Waals surface area contributed by atoms with Gasteiger partial charge in [0, 0.05) is 0 Å². The van der Waals surface area contributed by atoms with E-state index < -0.39 is 44.1 Å². The monoisotopic (exact) mass is 529 g/mol. The summed E-state index contributed by atoms with van der Waals surface area (Å²) in [5.41, 5.74) is -2.46. The molecule has 0 saturated carbocycles. The van der Waals surface area contributed by atoms with Crippen LogP contribution in [0, 0.1) is 0 Å². The molecular formula is C28H39NO7Si. The number of rotatable bonds is 9. The van der Waals surface area contributed by atoms with Crippen LogP contribution in [0.3, 0.4) is 0 Å². The number of carbonyl (C=O) groups is 3. The van der Waals surface area contributed by atoms with Crippen LogP contribution in [0.4, 0.5) is 4.79 Å². The van der Waals surface area contributed by atoms with Crippen molar-refractivity contribution in [3.8, 4) is 0 Å². The summed E-state index contributed by atoms with van der Waals surface area (Å²) in [5, 5.41) is 4.29. The summed E-state index contributed by atoms with van der Waals surface area (Å²) in [6.45, 7) is 12.2. The van der Waals surface area contributed by atoms with Gasteiger partial charge in [-0.3, -0.25) is 0 Å². The summed E-state index contributed by atoms with van der Waals surface area (Å²) >= 11 is 0. The largest absolute Gasteiger partial charge is 0.466 e. The van der Waals surface area contributed by atoms with E-state index in [-0.39, 0.29) is 11.6 Å². The van der Waals surface area contributed by atoms with Crippen molar-refractivity contribution in [2.45, 2.75) is 64.6 Å². The summed E-state index contributed by atoms with van der Waals surface area (Å²) in [7, 11) is -1.85. The third kappa shape index (κ3) is 7.66. The van der Waals surface area contributed by atoms with Gasteiger partial charge in [-0.1, -0.05) is 81.4 Å². The normalized spacial score (nSPS) is 13.7. The smallest absolute Gasteiger partial charge is 0.408 e. The average Bonchev–Trinajstić information content (AvgIpc) is 2.81. The molecule has 2 rings (SSSR count). The third-order valence-corrected chi connectivity index (χ3v) is 10.8. The number of amides is 1. The van der Waals surface area contributed by atoms with Crippen molar-refractivity contribution in [2.24, 2.45) is 0 Å². The Balaban J connectivity index is 2.55. The van der Waals surface area contributed by atoms with E-state index in [1.165, 1.54) is 14.0 Å². The Labute approximate surface area is 220 Å². The lowest BCUT2D eigenvalue weighted by Gasteiger charge is -2.44. The second kappa shape index (κ2) is 11.9. The summed E-state index contributed by atoms with van der Waals surface area (Å²) in [6, 6.07) is 19.8. The highest BCUT2D eigenvalue weighted by molar-refractivity contribution is 6.99. The molecule has 1 amide bonds. The number of hydrogen-bond acceptors (Lipinski definition) is 7. The highest BCUT2D eigenvalue weighted by Gasteiger charge is 2.52. The fraction of sp³-hybridized carbons (Fsp3) is 0.464. The molecule has 202 valence electrons. The number of benzene rings is 2. The second-order valence-corrected chi connectivity index (χ2v) is 15.4. The topological polar surface area (TPSA) is 100 Å². The molecule has 0 fully saturated rings. The lowest BCUT2D eigenvalue weighted by molar-refractivity contribution is -0.162. The Kier molecular flexibility index (Phi) is 9.68. The Morgan fingerprint density at radius 2 is 1.30 bits per heavy atom. The van der Waals surface area contributed by atoms with Crippen molar-refractivity contribution >= 4 is 36.7 Å². The van der Waals surface area contributed by atoms with Gasteiger partial charge in [-0.05, 0) is 43.1 Å². The van der Waals surface area contributed by atoms with Gasteiger partial charge in [-0.2, -0.15) is 0 Å². The highest BCUT2D eigenvalue weighted by Crippen LogP contribution is 2.37. The number of alkyl carbamates (subject to hydrolysis) is 1. The minimum absolute atomic E-state index is 0.223. The maximum atomic E-state index is 13.3. The molecule has 1 atom stereocenters. The number of hydrogen-bond donors (Lipinski definition) is 1. The molecule has 9 heteroatoms. The van der Waals surface area contributed by atoms with Gasteiger partial charge in [0.25, 0.3) is 8.32 Å². The Morgan fingerprint density at radius 1 is 0.811 bits per heavy atom. The number of carbonyl (C=O) groups excluding carboxylic acids is 3. The number of esters is 2. The molecule has 37 heavy (non-hydrogen) atoms. The van der Waals surface area contributed by atoms with Crippen molar-refractivity contribution in [1.29, 1.82) is 0 Å². The van der Waals surface area contributed by atoms with Crippen molar-refractivity contribution in [2.75, 3.05) is 20.3 Å². The maximum absolute atomic E-state index is 13.3. The van der Waals surface area contributed by atoms with E-state index in [1.807, 2.05) is 60.7 Å². The summed E-state index contributed by atoms with van der Waals surface area (Å²) < 4.78 is 22.1. The highest BCUT2D eigenvalue weighted by atomic mass is 28.4. The molecule has 2 aromatic rings. The fourth-order valence-corrected chi connectivity index (χ4v) is 8.69. The van der Waals surface area contributed by atoms with Crippen LogP contribution in [0.2, 0.25) is 5.04 Å². The van der Waals surface area contributed by atoms with Crippen LogP contribution in [0.5, 0.6) is 0 Å². The van der Waals surface area contributed by atoms with E-state index in [2.05, 4.69) is 30.8 Å². The van der Waals surface area contributed by atoms with Gasteiger partial charge in [0.1, 0.15) is 5.60 Å². The van der Waals surface area contributed by atoms with Crippen molar-refractivity contribution in [3.05, 3.63) is 60.7 Å². The molecule has 0 spiro atoms. The first kappa shape index (κ1) is 30.1. The molecule has 0 bridgehead atoms. The van der Waals surface area contributed by atoms with Crippen molar-refractivity contribution < 1.29 is 33.0 Å². The molecule has 1 N–H and O–H groups in total. The number of ether oxygens (including phenoxy) is 3. The zero-order valence-corrected chi connectivity index (χ0v) is 24.0. The van der Waals surface area contributed by atoms with Crippen LogP contribution < -0.4 is 15.7 Å². The minimum atomic E-state index is -3.05. The molecule has 0 saturated heterocycles. The lowest BCUT2D eigenvalue weighted by Crippen LogP contribution is -2.69. The van der Waals surface area contributed by atoms with Gasteiger partial charge in [0.05, 0.1) is 13.7 Å². The molecule has 0 aliphatic carbocycles. The number of methoxy groups -OCH3 is 1. The molecule has 0 unspecified atom stereocenters. The van der Waals surface area contributed by atoms with Gasteiger partial charge in [-0.25, -0.2) is 14.4 Å². The van der Waals surface area contributed by atoms with Gasteiger partial charge in [0.15, 0.2) is 12.1 Å². The Hall–Kier alpha value is -3.17. The molecule has 0 heterocycles. The van der Waals surface area contributed by atoms with E-state index in [4.69, 9.17) is 13.9 Å². The zero-order valence-electron chi connectivity index (χ0n) is 23.0. The van der Waals surface area contributed by atoms with Crippen molar-refractivity contribution in [3.63, 3.8) is 0 Å². The van der Waals surface area contributed by atoms with E-state index >= 15 is 0 Å². The summed E-state index contributed by atoms with van der Waals surface area (Å²) in [4.78, 5) is 37.7. The molecule has 0 aliphatic rings. The van der Waals surface area contributed by atoms with Gasteiger partial charge in [0.2, 0.25) is 0 Å². The first-order valence-corrected chi connectivity index (χ1v) is 14.1. The second-order valence-electron chi connectivity index (χ2n) is 11.1. The van der Waals surface area contributed by atoms with Gasteiger partial charge in [-0.15, -0.1) is 0 Å². The first-order chi connectivity index (χ1) is 17.1. The minimum Gasteiger partial charge on any atom is -0.466 e. The van der Waals surface area contributed by atoms with E-state index in [0.717, 1.165) is 10.4 Å². The summed E-state index contributed by atoms with van der Waals surface area (Å²) in [6.07, 6.45) is -0.809. The number of nitrogens with one attached hydrogen (secondary N) is 1. The van der Waals surface area contributed by atoms with Gasteiger partial charge >= 0.3 is 18.0 Å². The Bertz CT molecular complexity index is 1020. The molecule has 0 radical (unpaired) electrons. The summed E-state index contributed by atoms with van der Waals surface area (Å²) in [5.74, 6) is -1.57. The van der Waals surface area contributed by atoms with E-state index in [9.17, 15) is 14.4 Å². The van der Waals surface area contributed by atoms with Crippen LogP contribution in [-0.2, 0) is 28.2 Å². The lowest BCUT2D eigenvalue weighted by atomic mass is 10.1. The van der Waals surface area contributed by atoms with Crippen LogP contribution in [0.25, 0.3) is 0 Å². The fourth-order valence-electron chi connectivity index (χ4n) is 4.03. The zero-order chi connectivity index (χ0) is 27.9. The van der Waals surface area contributed by atoms with Crippen LogP contribution in [-0.4, -0.2) is 57.8 Å². The molecule has 8 nitrogen and oxygen atoms in total. The van der Waals surface area contributed by atoms with E-state index in [1.54, 1.807) is 20.8 Å². The van der Waals surface area contributed by atoms with Crippen LogP contribution in [0.1, 0.15) is 48.5 Å². The van der Waals surface area contributed by atoms with E-state index in [0.29, 0.717) is 0 Å². The third-order valence-electron chi connectivity index (χ3n) is 5.77.